The van der Waals surface area contributed by atoms with E-state index in [2.05, 4.69) is 10.3 Å². The number of benzene rings is 1. The molecule has 4 aromatic rings. The van der Waals surface area contributed by atoms with Gasteiger partial charge in [-0.05, 0) is 41.3 Å². The van der Waals surface area contributed by atoms with Crippen molar-refractivity contribution in [3.8, 4) is 0 Å². The van der Waals surface area contributed by atoms with E-state index in [9.17, 15) is 9.59 Å². The molecule has 0 radical (unpaired) electrons. The predicted molar refractivity (Wildman–Crippen MR) is 118 cm³/mol. The molecule has 0 aliphatic rings. The van der Waals surface area contributed by atoms with Crippen LogP contribution >= 0.6 is 11.3 Å². The fraction of sp³-hybridized carbons (Fsp3) is 0.125. The van der Waals surface area contributed by atoms with Crippen LogP contribution in [0.3, 0.4) is 0 Å². The highest BCUT2D eigenvalue weighted by atomic mass is 32.1. The van der Waals surface area contributed by atoms with Crippen molar-refractivity contribution in [2.75, 3.05) is 0 Å². The van der Waals surface area contributed by atoms with Crippen LogP contribution in [0.15, 0.2) is 95.1 Å². The Balaban J connectivity index is 1.66. The summed E-state index contributed by atoms with van der Waals surface area (Å²) in [5.41, 5.74) is 1.25. The summed E-state index contributed by atoms with van der Waals surface area (Å²) in [5, 5.41) is 4.87. The lowest BCUT2D eigenvalue weighted by Crippen LogP contribution is -2.43. The minimum atomic E-state index is -0.816. The van der Waals surface area contributed by atoms with Crippen molar-refractivity contribution >= 4 is 23.2 Å². The zero-order chi connectivity index (χ0) is 21.5. The highest BCUT2D eigenvalue weighted by molar-refractivity contribution is 7.10. The maximum Gasteiger partial charge on any atom is 0.273 e. The molecule has 6 nitrogen and oxygen atoms in total. The van der Waals surface area contributed by atoms with Crippen LogP contribution in [-0.4, -0.2) is 21.7 Å². The van der Waals surface area contributed by atoms with Crippen LogP contribution in [0.1, 0.15) is 32.7 Å². The van der Waals surface area contributed by atoms with Crippen molar-refractivity contribution in [1.29, 1.82) is 0 Å². The van der Waals surface area contributed by atoms with E-state index < -0.39 is 6.04 Å². The van der Waals surface area contributed by atoms with Crippen molar-refractivity contribution in [3.05, 3.63) is 113 Å². The number of nitrogens with one attached hydrogen (secondary N) is 1. The molecule has 1 atom stereocenters. The number of aromatic nitrogens is 1. The van der Waals surface area contributed by atoms with Crippen molar-refractivity contribution in [1.82, 2.24) is 15.2 Å². The topological polar surface area (TPSA) is 75.4 Å². The molecule has 0 aliphatic heterocycles. The molecule has 0 fully saturated rings. The monoisotopic (exact) mass is 431 g/mol. The van der Waals surface area contributed by atoms with Gasteiger partial charge in [-0.25, -0.2) is 0 Å². The maximum atomic E-state index is 13.4. The van der Waals surface area contributed by atoms with Gasteiger partial charge in [-0.2, -0.15) is 0 Å². The third-order valence-corrected chi connectivity index (χ3v) is 5.66. The third-order valence-electron chi connectivity index (χ3n) is 4.73. The summed E-state index contributed by atoms with van der Waals surface area (Å²) in [4.78, 5) is 33.3. The van der Waals surface area contributed by atoms with Gasteiger partial charge in [0, 0.05) is 17.6 Å². The van der Waals surface area contributed by atoms with E-state index in [0.717, 1.165) is 10.4 Å². The molecule has 1 N–H and O–H groups in total. The van der Waals surface area contributed by atoms with E-state index in [1.807, 2.05) is 47.8 Å². The Morgan fingerprint density at radius 3 is 2.52 bits per heavy atom. The van der Waals surface area contributed by atoms with Crippen LogP contribution in [0.25, 0.3) is 0 Å². The van der Waals surface area contributed by atoms with Crippen molar-refractivity contribution in [2.24, 2.45) is 0 Å². The van der Waals surface area contributed by atoms with Gasteiger partial charge in [0.2, 0.25) is 5.91 Å². The van der Waals surface area contributed by atoms with Gasteiger partial charge in [0.25, 0.3) is 5.91 Å². The number of nitrogens with zero attached hydrogens (tertiary/aromatic N) is 2. The Hall–Kier alpha value is -3.71. The van der Waals surface area contributed by atoms with E-state index in [1.165, 1.54) is 16.2 Å². The molecule has 7 heteroatoms. The Bertz CT molecular complexity index is 1100. The molecule has 0 saturated heterocycles. The van der Waals surface area contributed by atoms with E-state index in [1.54, 1.807) is 42.8 Å². The first-order valence-corrected chi connectivity index (χ1v) is 10.7. The fourth-order valence-electron chi connectivity index (χ4n) is 3.24. The predicted octanol–water partition coefficient (Wildman–Crippen LogP) is 4.44. The van der Waals surface area contributed by atoms with Gasteiger partial charge in [-0.1, -0.05) is 42.5 Å². The molecule has 3 aromatic heterocycles. The van der Waals surface area contributed by atoms with Gasteiger partial charge in [-0.3, -0.25) is 14.6 Å². The lowest BCUT2D eigenvalue weighted by atomic mass is 10.1. The normalized spacial score (nSPS) is 11.6. The lowest BCUT2D eigenvalue weighted by molar-refractivity contribution is -0.126. The number of hydrogen-bond donors (Lipinski definition) is 1. The second-order valence-corrected chi connectivity index (χ2v) is 7.83. The molecule has 0 aliphatic carbocycles. The molecule has 4 rings (SSSR count). The Morgan fingerprint density at radius 1 is 1.00 bits per heavy atom. The zero-order valence-corrected chi connectivity index (χ0v) is 17.5. The molecular weight excluding hydrogens is 410 g/mol. The minimum absolute atomic E-state index is 0.143. The van der Waals surface area contributed by atoms with Gasteiger partial charge in [0.15, 0.2) is 0 Å². The molecule has 0 saturated carbocycles. The smallest absolute Gasteiger partial charge is 0.273 e. The number of pyridine rings is 1. The van der Waals surface area contributed by atoms with Crippen molar-refractivity contribution in [3.63, 3.8) is 0 Å². The number of rotatable bonds is 8. The summed E-state index contributed by atoms with van der Waals surface area (Å²) in [6, 6.07) is 21.3. The molecular formula is C24H21N3O3S. The van der Waals surface area contributed by atoms with Gasteiger partial charge >= 0.3 is 0 Å². The molecule has 1 aromatic carbocycles. The summed E-state index contributed by atoms with van der Waals surface area (Å²) < 4.78 is 5.48. The summed E-state index contributed by atoms with van der Waals surface area (Å²) in [6.45, 7) is 0.512. The number of thiophene rings is 1. The number of amides is 2. The number of carbonyl (C=O) groups is 2. The number of carbonyl (C=O) groups excluding carboxylic acids is 2. The average Bonchev–Trinajstić information content (AvgIpc) is 3.53. The van der Waals surface area contributed by atoms with Gasteiger partial charge < -0.3 is 14.6 Å². The van der Waals surface area contributed by atoms with E-state index in [0.29, 0.717) is 12.3 Å². The highest BCUT2D eigenvalue weighted by Gasteiger charge is 2.34. The first kappa shape index (κ1) is 20.6. The molecule has 31 heavy (non-hydrogen) atoms. The second kappa shape index (κ2) is 9.86. The SMILES string of the molecule is O=C(NCc1ccccc1)[C@H](c1cccs1)N(Cc1ccco1)C(=O)c1ccccn1. The number of furan rings is 1. The first-order valence-electron chi connectivity index (χ1n) is 9.82. The van der Waals surface area contributed by atoms with Crippen LogP contribution in [0.2, 0.25) is 0 Å². The zero-order valence-electron chi connectivity index (χ0n) is 16.7. The van der Waals surface area contributed by atoms with Crippen LogP contribution in [0.4, 0.5) is 0 Å². The quantitative estimate of drug-likeness (QED) is 0.448. The Kier molecular flexibility index (Phi) is 6.54. The van der Waals surface area contributed by atoms with Crippen LogP contribution < -0.4 is 5.32 Å². The van der Waals surface area contributed by atoms with Crippen molar-refractivity contribution in [2.45, 2.75) is 19.1 Å². The average molecular weight is 432 g/mol. The molecule has 156 valence electrons. The van der Waals surface area contributed by atoms with E-state index >= 15 is 0 Å². The molecule has 2 amide bonds. The van der Waals surface area contributed by atoms with Gasteiger partial charge in [-0.15, -0.1) is 11.3 Å². The molecule has 0 unspecified atom stereocenters. The highest BCUT2D eigenvalue weighted by Crippen LogP contribution is 2.29. The minimum Gasteiger partial charge on any atom is -0.467 e. The van der Waals surface area contributed by atoms with Gasteiger partial charge in [0.1, 0.15) is 17.5 Å². The standard InChI is InChI=1S/C24H21N3O3S/c28-23(26-16-18-8-2-1-3-9-18)22(21-12-7-15-31-21)27(17-19-10-6-14-30-19)24(29)20-11-4-5-13-25-20/h1-15,22H,16-17H2,(H,26,28)/t22-/m0/s1. The molecule has 0 bridgehead atoms. The van der Waals surface area contributed by atoms with Crippen molar-refractivity contribution < 1.29 is 14.0 Å². The molecule has 3 heterocycles. The third kappa shape index (κ3) is 5.07. The Morgan fingerprint density at radius 2 is 1.84 bits per heavy atom. The van der Waals surface area contributed by atoms with Crippen LogP contribution in [0.5, 0.6) is 0 Å². The lowest BCUT2D eigenvalue weighted by Gasteiger charge is -2.29. The summed E-state index contributed by atoms with van der Waals surface area (Å²) in [6.07, 6.45) is 3.11. The van der Waals surface area contributed by atoms with E-state index in [4.69, 9.17) is 4.42 Å². The summed E-state index contributed by atoms with van der Waals surface area (Å²) >= 11 is 1.43. The van der Waals surface area contributed by atoms with Crippen LogP contribution in [0, 0.1) is 0 Å². The summed E-state index contributed by atoms with van der Waals surface area (Å²) in [7, 11) is 0. The number of hydrogen-bond acceptors (Lipinski definition) is 5. The largest absolute Gasteiger partial charge is 0.467 e. The molecule has 0 spiro atoms. The van der Waals surface area contributed by atoms with E-state index in [-0.39, 0.29) is 24.1 Å². The van der Waals surface area contributed by atoms with Gasteiger partial charge in [0.05, 0.1) is 12.8 Å². The second-order valence-electron chi connectivity index (χ2n) is 6.85. The first-order chi connectivity index (χ1) is 15.2. The summed E-state index contributed by atoms with van der Waals surface area (Å²) in [5.74, 6) is -0.0194. The van der Waals surface area contributed by atoms with Crippen LogP contribution in [-0.2, 0) is 17.9 Å². The Labute approximate surface area is 184 Å². The maximum absolute atomic E-state index is 13.4. The fourth-order valence-corrected chi connectivity index (χ4v) is 4.07.